The van der Waals surface area contributed by atoms with Crippen LogP contribution >= 0.6 is 0 Å². The summed E-state index contributed by atoms with van der Waals surface area (Å²) in [6.07, 6.45) is 5.43. The monoisotopic (exact) mass is 385 g/mol. The molecule has 4 atom stereocenters. The quantitative estimate of drug-likeness (QED) is 0.627. The number of benzene rings is 1. The number of para-hydroxylation sites is 1. The lowest BCUT2D eigenvalue weighted by molar-refractivity contribution is -0.138. The maximum atomic E-state index is 12.8. The van der Waals surface area contributed by atoms with Crippen LogP contribution in [0.1, 0.15) is 62.7 Å². The molecule has 0 aliphatic heterocycles. The van der Waals surface area contributed by atoms with Gasteiger partial charge in [-0.3, -0.25) is 4.79 Å². The molecule has 0 radical (unpaired) electrons. The average Bonchev–Trinajstić information content (AvgIpc) is 2.57. The van der Waals surface area contributed by atoms with E-state index in [0.29, 0.717) is 42.0 Å². The zero-order valence-electron chi connectivity index (χ0n) is 16.8. The fraction of sp³-hybridized carbons (Fsp3) is 0.636. The third-order valence-corrected chi connectivity index (χ3v) is 6.50. The van der Waals surface area contributed by atoms with Gasteiger partial charge in [-0.1, -0.05) is 26.0 Å². The highest BCUT2D eigenvalue weighted by Gasteiger charge is 2.57. The number of urea groups is 1. The highest BCUT2D eigenvalue weighted by molar-refractivity contribution is 6.03. The van der Waals surface area contributed by atoms with Crippen molar-refractivity contribution in [1.29, 1.82) is 0 Å². The van der Waals surface area contributed by atoms with Crippen LogP contribution < -0.4 is 16.0 Å². The van der Waals surface area contributed by atoms with E-state index in [1.165, 1.54) is 6.42 Å². The molecule has 6 heteroatoms. The zero-order chi connectivity index (χ0) is 19.9. The van der Waals surface area contributed by atoms with Gasteiger partial charge in [-0.15, -0.1) is 0 Å². The molecule has 28 heavy (non-hydrogen) atoms. The van der Waals surface area contributed by atoms with Crippen LogP contribution in [0.25, 0.3) is 0 Å². The number of carbonyl (C=O) groups is 2. The van der Waals surface area contributed by atoms with Crippen LogP contribution in [0.3, 0.4) is 0 Å². The van der Waals surface area contributed by atoms with Crippen molar-refractivity contribution in [1.82, 2.24) is 10.6 Å². The van der Waals surface area contributed by atoms with E-state index >= 15 is 0 Å². The Balaban J connectivity index is 1.44. The highest BCUT2D eigenvalue weighted by Crippen LogP contribution is 2.57. The van der Waals surface area contributed by atoms with Crippen molar-refractivity contribution in [2.45, 2.75) is 63.5 Å². The van der Waals surface area contributed by atoms with E-state index in [0.717, 1.165) is 25.7 Å². The van der Waals surface area contributed by atoms with Crippen LogP contribution in [0, 0.1) is 17.8 Å². The minimum absolute atomic E-state index is 0.186. The lowest BCUT2D eigenvalue weighted by atomic mass is 9.51. The first-order valence-corrected chi connectivity index (χ1v) is 10.4. The number of hydrogen-bond acceptors (Lipinski definition) is 3. The van der Waals surface area contributed by atoms with Crippen molar-refractivity contribution in [3.63, 3.8) is 0 Å². The summed E-state index contributed by atoms with van der Waals surface area (Å²) < 4.78 is 0. The molecule has 4 bridgehead atoms. The number of carbonyl (C=O) groups excluding carboxylic acids is 2. The lowest BCUT2D eigenvalue weighted by Gasteiger charge is -2.60. The van der Waals surface area contributed by atoms with E-state index in [9.17, 15) is 14.7 Å². The molecule has 1 aromatic rings. The minimum Gasteiger partial charge on any atom is -0.390 e. The van der Waals surface area contributed by atoms with Crippen LogP contribution in [-0.4, -0.2) is 34.7 Å². The van der Waals surface area contributed by atoms with Crippen molar-refractivity contribution < 1.29 is 14.7 Å². The molecule has 4 N–H and O–H groups in total. The van der Waals surface area contributed by atoms with Gasteiger partial charge in [0.25, 0.3) is 5.91 Å². The second-order valence-corrected chi connectivity index (χ2v) is 9.69. The SMILES string of the molecule is CC(C)CNC(=O)c1ccccc1NC(=O)NC12C[C@@H]3C[C@@H](CC(O)(C3)C1)C2. The molecule has 5 rings (SSSR count). The number of nitrogens with one attached hydrogen (secondary N) is 3. The summed E-state index contributed by atoms with van der Waals surface area (Å²) >= 11 is 0. The van der Waals surface area contributed by atoms with Crippen LogP contribution in [0.5, 0.6) is 0 Å². The Kier molecular flexibility index (Phi) is 4.86. The third kappa shape index (κ3) is 3.88. The molecule has 4 aliphatic rings. The molecule has 0 saturated heterocycles. The van der Waals surface area contributed by atoms with E-state index < -0.39 is 5.60 Å². The molecule has 0 aromatic heterocycles. The predicted octanol–water partition coefficient (Wildman–Crippen LogP) is 3.28. The smallest absolute Gasteiger partial charge is 0.319 e. The minimum atomic E-state index is -0.619. The molecular formula is C22H31N3O3. The van der Waals surface area contributed by atoms with Crippen molar-refractivity contribution >= 4 is 17.6 Å². The molecule has 0 heterocycles. The normalized spacial score (nSPS) is 33.0. The van der Waals surface area contributed by atoms with E-state index in [2.05, 4.69) is 16.0 Å². The molecule has 2 unspecified atom stereocenters. The summed E-state index contributed by atoms with van der Waals surface area (Å²) in [5.41, 5.74) is 0.0242. The number of rotatable bonds is 5. The van der Waals surface area contributed by atoms with Crippen molar-refractivity contribution in [3.8, 4) is 0 Å². The van der Waals surface area contributed by atoms with Gasteiger partial charge in [0.2, 0.25) is 0 Å². The fourth-order valence-electron chi connectivity index (χ4n) is 5.94. The van der Waals surface area contributed by atoms with Crippen molar-refractivity contribution in [2.75, 3.05) is 11.9 Å². The fourth-order valence-corrected chi connectivity index (χ4v) is 5.94. The van der Waals surface area contributed by atoms with Crippen molar-refractivity contribution in [2.24, 2.45) is 17.8 Å². The van der Waals surface area contributed by atoms with Gasteiger partial charge in [0, 0.05) is 12.1 Å². The van der Waals surface area contributed by atoms with E-state index in [1.807, 2.05) is 19.9 Å². The number of aliphatic hydroxyl groups is 1. The number of anilines is 1. The molecule has 0 spiro atoms. The van der Waals surface area contributed by atoms with E-state index in [1.54, 1.807) is 18.2 Å². The van der Waals surface area contributed by atoms with Gasteiger partial charge >= 0.3 is 6.03 Å². The summed E-state index contributed by atoms with van der Waals surface area (Å²) in [6, 6.07) is 6.77. The first-order chi connectivity index (χ1) is 13.3. The summed E-state index contributed by atoms with van der Waals surface area (Å²) in [5.74, 6) is 1.17. The molecule has 3 amide bonds. The van der Waals surface area contributed by atoms with Gasteiger partial charge in [-0.05, 0) is 68.4 Å². The summed E-state index contributed by atoms with van der Waals surface area (Å²) in [5, 5.41) is 19.8. The Morgan fingerprint density at radius 2 is 1.82 bits per heavy atom. The third-order valence-electron chi connectivity index (χ3n) is 6.50. The molecule has 4 fully saturated rings. The first kappa shape index (κ1) is 19.2. The maximum absolute atomic E-state index is 12.8. The maximum Gasteiger partial charge on any atom is 0.319 e. The van der Waals surface area contributed by atoms with Crippen molar-refractivity contribution in [3.05, 3.63) is 29.8 Å². The largest absolute Gasteiger partial charge is 0.390 e. The van der Waals surface area contributed by atoms with Gasteiger partial charge in [0.15, 0.2) is 0 Å². The molecule has 6 nitrogen and oxygen atoms in total. The van der Waals surface area contributed by atoms with Gasteiger partial charge in [0.1, 0.15) is 0 Å². The Labute approximate surface area is 166 Å². The zero-order valence-corrected chi connectivity index (χ0v) is 16.8. The number of hydrogen-bond donors (Lipinski definition) is 4. The predicted molar refractivity (Wildman–Crippen MR) is 108 cm³/mol. The Hall–Kier alpha value is -2.08. The van der Waals surface area contributed by atoms with Crippen LogP contribution in [0.2, 0.25) is 0 Å². The molecule has 152 valence electrons. The summed E-state index contributed by atoms with van der Waals surface area (Å²) in [4.78, 5) is 25.3. The lowest BCUT2D eigenvalue weighted by Crippen LogP contribution is -2.65. The molecule has 1 aromatic carbocycles. The van der Waals surface area contributed by atoms with Gasteiger partial charge < -0.3 is 21.1 Å². The van der Waals surface area contributed by atoms with Gasteiger partial charge in [-0.2, -0.15) is 0 Å². The van der Waals surface area contributed by atoms with E-state index in [4.69, 9.17) is 0 Å². The Morgan fingerprint density at radius 3 is 2.46 bits per heavy atom. The summed E-state index contributed by atoms with van der Waals surface area (Å²) in [7, 11) is 0. The summed E-state index contributed by atoms with van der Waals surface area (Å²) in [6.45, 7) is 4.67. The van der Waals surface area contributed by atoms with Gasteiger partial charge in [0.05, 0.1) is 16.9 Å². The first-order valence-electron chi connectivity index (χ1n) is 10.4. The second kappa shape index (κ2) is 7.07. The van der Waals surface area contributed by atoms with Gasteiger partial charge in [-0.25, -0.2) is 4.79 Å². The highest BCUT2D eigenvalue weighted by atomic mass is 16.3. The standard InChI is InChI=1S/C22H31N3O3/c1-14(2)12-23-19(26)17-5-3-4-6-18(17)24-20(27)25-21-8-15-7-16(9-21)11-22(28,10-15)13-21/h3-6,14-16,28H,7-13H2,1-2H3,(H,23,26)(H2,24,25,27)/t15-,16+,21?,22?. The Morgan fingerprint density at radius 1 is 1.14 bits per heavy atom. The number of amides is 3. The average molecular weight is 386 g/mol. The topological polar surface area (TPSA) is 90.5 Å². The molecular weight excluding hydrogens is 354 g/mol. The van der Waals surface area contributed by atoms with Crippen LogP contribution in [-0.2, 0) is 0 Å². The second-order valence-electron chi connectivity index (χ2n) is 9.69. The van der Waals surface area contributed by atoms with Crippen LogP contribution in [0.4, 0.5) is 10.5 Å². The molecule has 4 aliphatic carbocycles. The molecule has 4 saturated carbocycles. The van der Waals surface area contributed by atoms with E-state index in [-0.39, 0.29) is 17.5 Å². The Bertz CT molecular complexity index is 762. The van der Waals surface area contributed by atoms with Crippen LogP contribution in [0.15, 0.2) is 24.3 Å².